The van der Waals surface area contributed by atoms with Gasteiger partial charge in [0.25, 0.3) is 0 Å². The summed E-state index contributed by atoms with van der Waals surface area (Å²) in [6.07, 6.45) is 1.71. The van der Waals surface area contributed by atoms with Crippen LogP contribution in [0.3, 0.4) is 0 Å². The maximum atomic E-state index is 8.72. The Morgan fingerprint density at radius 1 is 1.33 bits per heavy atom. The summed E-state index contributed by atoms with van der Waals surface area (Å²) in [6, 6.07) is 3.52. The zero-order valence-corrected chi connectivity index (χ0v) is 10.5. The van der Waals surface area contributed by atoms with Crippen LogP contribution in [0.5, 0.6) is 0 Å². The van der Waals surface area contributed by atoms with Crippen molar-refractivity contribution in [2.24, 2.45) is 10.9 Å². The number of aryl methyl sites for hydroxylation is 2. The second kappa shape index (κ2) is 4.48. The summed E-state index contributed by atoms with van der Waals surface area (Å²) in [4.78, 5) is 8.65. The van der Waals surface area contributed by atoms with Crippen LogP contribution in [0, 0.1) is 20.8 Å². The molecular formula is C12H15N5O. The highest BCUT2D eigenvalue weighted by atomic mass is 16.4. The van der Waals surface area contributed by atoms with E-state index in [1.165, 1.54) is 0 Å². The van der Waals surface area contributed by atoms with E-state index >= 15 is 0 Å². The molecule has 2 rings (SSSR count). The summed E-state index contributed by atoms with van der Waals surface area (Å²) in [7, 11) is 0. The van der Waals surface area contributed by atoms with Crippen LogP contribution in [0.25, 0.3) is 5.82 Å². The lowest BCUT2D eigenvalue weighted by Gasteiger charge is -2.08. The highest BCUT2D eigenvalue weighted by Crippen LogP contribution is 2.14. The van der Waals surface area contributed by atoms with Gasteiger partial charge in [-0.25, -0.2) is 9.97 Å². The van der Waals surface area contributed by atoms with Gasteiger partial charge in [0.05, 0.1) is 5.69 Å². The number of nitrogens with zero attached hydrogens (tertiary/aromatic N) is 4. The molecule has 2 aromatic rings. The van der Waals surface area contributed by atoms with E-state index in [9.17, 15) is 0 Å². The molecule has 0 aliphatic heterocycles. The summed E-state index contributed by atoms with van der Waals surface area (Å²) >= 11 is 0. The highest BCUT2D eigenvalue weighted by molar-refractivity contribution is 5.97. The van der Waals surface area contributed by atoms with E-state index in [4.69, 9.17) is 10.9 Å². The summed E-state index contributed by atoms with van der Waals surface area (Å²) in [5, 5.41) is 11.7. The molecule has 2 heterocycles. The van der Waals surface area contributed by atoms with E-state index in [1.54, 1.807) is 18.5 Å². The van der Waals surface area contributed by atoms with Gasteiger partial charge in [0.15, 0.2) is 5.84 Å². The van der Waals surface area contributed by atoms with Crippen molar-refractivity contribution in [1.29, 1.82) is 0 Å². The van der Waals surface area contributed by atoms with Gasteiger partial charge in [0, 0.05) is 17.0 Å². The van der Waals surface area contributed by atoms with E-state index in [1.807, 2.05) is 25.3 Å². The van der Waals surface area contributed by atoms with Gasteiger partial charge in [-0.3, -0.25) is 4.57 Å². The molecule has 6 heteroatoms. The van der Waals surface area contributed by atoms with Crippen LogP contribution in [0.15, 0.2) is 23.6 Å². The van der Waals surface area contributed by atoms with E-state index in [0.717, 1.165) is 17.1 Å². The fourth-order valence-electron chi connectivity index (χ4n) is 1.71. The molecule has 18 heavy (non-hydrogen) atoms. The first-order valence-corrected chi connectivity index (χ1v) is 5.50. The van der Waals surface area contributed by atoms with Gasteiger partial charge in [0.2, 0.25) is 0 Å². The first kappa shape index (κ1) is 12.1. The third-order valence-electron chi connectivity index (χ3n) is 2.84. The lowest BCUT2D eigenvalue weighted by Crippen LogP contribution is -2.14. The van der Waals surface area contributed by atoms with Crippen LogP contribution in [0.1, 0.15) is 22.6 Å². The molecule has 6 nitrogen and oxygen atoms in total. The molecule has 0 saturated carbocycles. The predicted molar refractivity (Wildman–Crippen MR) is 68.1 cm³/mol. The molecule has 0 fully saturated rings. The monoisotopic (exact) mass is 245 g/mol. The summed E-state index contributed by atoms with van der Waals surface area (Å²) in [6.45, 7) is 5.76. The molecule has 0 saturated heterocycles. The smallest absolute Gasteiger partial charge is 0.170 e. The first-order valence-electron chi connectivity index (χ1n) is 5.50. The normalized spacial score (nSPS) is 11.8. The van der Waals surface area contributed by atoms with Crippen LogP contribution in [0.4, 0.5) is 0 Å². The fraction of sp³-hybridized carbons (Fsp3) is 0.250. The van der Waals surface area contributed by atoms with Crippen molar-refractivity contribution < 1.29 is 5.21 Å². The Bertz CT molecular complexity index is 615. The van der Waals surface area contributed by atoms with Gasteiger partial charge in [0.1, 0.15) is 12.1 Å². The number of amidine groups is 1. The van der Waals surface area contributed by atoms with Gasteiger partial charge in [-0.2, -0.15) is 0 Å². The average molecular weight is 245 g/mol. The number of oxime groups is 1. The Labute approximate surface area is 105 Å². The van der Waals surface area contributed by atoms with Crippen LogP contribution >= 0.6 is 0 Å². The zero-order valence-electron chi connectivity index (χ0n) is 10.5. The lowest BCUT2D eigenvalue weighted by atomic mass is 10.2. The van der Waals surface area contributed by atoms with Gasteiger partial charge >= 0.3 is 0 Å². The quantitative estimate of drug-likeness (QED) is 0.361. The molecule has 0 aromatic carbocycles. The van der Waals surface area contributed by atoms with Gasteiger partial charge in [-0.15, -0.1) is 0 Å². The highest BCUT2D eigenvalue weighted by Gasteiger charge is 2.09. The first-order chi connectivity index (χ1) is 8.52. The molecule has 2 aromatic heterocycles. The predicted octanol–water partition coefficient (Wildman–Crippen LogP) is 1.29. The Hall–Kier alpha value is -2.37. The minimum Gasteiger partial charge on any atom is -0.409 e. The van der Waals surface area contributed by atoms with Crippen LogP contribution in [-0.4, -0.2) is 25.6 Å². The summed E-state index contributed by atoms with van der Waals surface area (Å²) in [5.41, 5.74) is 8.98. The van der Waals surface area contributed by atoms with Crippen molar-refractivity contribution in [2.45, 2.75) is 20.8 Å². The van der Waals surface area contributed by atoms with Gasteiger partial charge in [-0.05, 0) is 32.9 Å². The second-order valence-electron chi connectivity index (χ2n) is 4.13. The topological polar surface area (TPSA) is 89.3 Å². The standard InChI is InChI=1S/C12H15N5O/c1-7-4-10(12(13)16-18)5-11(15-7)17-6-14-8(2)9(17)3/h4-6,18H,1-3H3,(H2,13,16). The fourth-order valence-corrected chi connectivity index (χ4v) is 1.71. The van der Waals surface area contributed by atoms with Crippen molar-refractivity contribution in [3.05, 3.63) is 41.1 Å². The minimum absolute atomic E-state index is 0.0660. The van der Waals surface area contributed by atoms with Crippen LogP contribution in [0.2, 0.25) is 0 Å². The average Bonchev–Trinajstić information content (AvgIpc) is 2.68. The third-order valence-corrected chi connectivity index (χ3v) is 2.84. The zero-order chi connectivity index (χ0) is 13.3. The number of hydrogen-bond acceptors (Lipinski definition) is 4. The number of imidazole rings is 1. The van der Waals surface area contributed by atoms with Crippen molar-refractivity contribution in [3.63, 3.8) is 0 Å². The van der Waals surface area contributed by atoms with Crippen molar-refractivity contribution >= 4 is 5.84 Å². The maximum absolute atomic E-state index is 8.72. The number of hydrogen-bond donors (Lipinski definition) is 2. The molecular weight excluding hydrogens is 230 g/mol. The molecule has 0 aliphatic rings. The van der Waals surface area contributed by atoms with Crippen molar-refractivity contribution in [2.75, 3.05) is 0 Å². The molecule has 0 aliphatic carbocycles. The Balaban J connectivity index is 2.59. The van der Waals surface area contributed by atoms with E-state index < -0.39 is 0 Å². The van der Waals surface area contributed by atoms with Crippen molar-refractivity contribution in [3.8, 4) is 5.82 Å². The molecule has 0 radical (unpaired) electrons. The van der Waals surface area contributed by atoms with E-state index in [0.29, 0.717) is 11.4 Å². The van der Waals surface area contributed by atoms with E-state index in [2.05, 4.69) is 15.1 Å². The molecule has 94 valence electrons. The number of rotatable bonds is 2. The molecule has 3 N–H and O–H groups in total. The Kier molecular flexibility index (Phi) is 3.01. The van der Waals surface area contributed by atoms with Crippen LogP contribution < -0.4 is 5.73 Å². The van der Waals surface area contributed by atoms with Gasteiger partial charge in [-0.1, -0.05) is 5.16 Å². The molecule has 0 amide bonds. The lowest BCUT2D eigenvalue weighted by molar-refractivity contribution is 0.318. The SMILES string of the molecule is Cc1cc(/C(N)=N/O)cc(-n2cnc(C)c2C)n1. The molecule has 0 spiro atoms. The maximum Gasteiger partial charge on any atom is 0.170 e. The Morgan fingerprint density at radius 2 is 2.06 bits per heavy atom. The largest absolute Gasteiger partial charge is 0.409 e. The molecule has 0 atom stereocenters. The van der Waals surface area contributed by atoms with Crippen LogP contribution in [-0.2, 0) is 0 Å². The molecule has 0 unspecified atom stereocenters. The van der Waals surface area contributed by atoms with E-state index in [-0.39, 0.29) is 5.84 Å². The third kappa shape index (κ3) is 2.04. The Morgan fingerprint density at radius 3 is 2.61 bits per heavy atom. The number of nitrogens with two attached hydrogens (primary N) is 1. The number of aromatic nitrogens is 3. The van der Waals surface area contributed by atoms with Crippen molar-refractivity contribution in [1.82, 2.24) is 14.5 Å². The second-order valence-corrected chi connectivity index (χ2v) is 4.13. The van der Waals surface area contributed by atoms with Gasteiger partial charge < -0.3 is 10.9 Å². The minimum atomic E-state index is 0.0660. The summed E-state index contributed by atoms with van der Waals surface area (Å²) < 4.78 is 1.87. The molecule has 0 bridgehead atoms. The summed E-state index contributed by atoms with van der Waals surface area (Å²) in [5.74, 6) is 0.769. The number of pyridine rings is 1.